The van der Waals surface area contributed by atoms with Crippen molar-refractivity contribution in [3.05, 3.63) is 60.4 Å². The molecule has 3 aromatic rings. The predicted molar refractivity (Wildman–Crippen MR) is 88.7 cm³/mol. The summed E-state index contributed by atoms with van der Waals surface area (Å²) < 4.78 is 13.4. The molecule has 0 bridgehead atoms. The summed E-state index contributed by atoms with van der Waals surface area (Å²) in [6.45, 7) is 0.776. The largest absolute Gasteiger partial charge is 0.369 e. The van der Waals surface area contributed by atoms with Crippen LogP contribution in [0.3, 0.4) is 0 Å². The Labute approximate surface area is 138 Å². The van der Waals surface area contributed by atoms with Gasteiger partial charge in [-0.1, -0.05) is 6.07 Å². The highest BCUT2D eigenvalue weighted by molar-refractivity contribution is 5.89. The molecule has 122 valence electrons. The van der Waals surface area contributed by atoms with Crippen LogP contribution in [0.2, 0.25) is 0 Å². The molecule has 6 nitrogen and oxygen atoms in total. The van der Waals surface area contributed by atoms with Crippen molar-refractivity contribution in [1.29, 1.82) is 0 Å². The van der Waals surface area contributed by atoms with E-state index in [0.717, 1.165) is 5.69 Å². The number of halogens is 1. The SMILES string of the molecule is O=C(CCNc1ncnc2ccc(F)cc12)NCc1ccccn1. The monoisotopic (exact) mass is 325 g/mol. The van der Waals surface area contributed by atoms with Crippen molar-refractivity contribution >= 4 is 22.6 Å². The van der Waals surface area contributed by atoms with Gasteiger partial charge >= 0.3 is 0 Å². The van der Waals surface area contributed by atoms with E-state index in [0.29, 0.717) is 29.8 Å². The zero-order chi connectivity index (χ0) is 16.8. The molecule has 0 saturated carbocycles. The van der Waals surface area contributed by atoms with Crippen LogP contribution in [-0.2, 0) is 11.3 Å². The standard InChI is InChI=1S/C17H16FN5O/c18-12-4-5-15-14(9-12)17(23-11-22-15)20-8-6-16(24)21-10-13-3-1-2-7-19-13/h1-5,7,9,11H,6,8,10H2,(H,21,24)(H,20,22,23). The van der Waals surface area contributed by atoms with Crippen LogP contribution in [0.25, 0.3) is 10.9 Å². The number of nitrogens with one attached hydrogen (secondary N) is 2. The fraction of sp³-hybridized carbons (Fsp3) is 0.176. The van der Waals surface area contributed by atoms with Crippen molar-refractivity contribution in [2.24, 2.45) is 0 Å². The Kier molecular flexibility index (Phi) is 4.90. The summed E-state index contributed by atoms with van der Waals surface area (Å²) in [5.74, 6) is 0.0585. The smallest absolute Gasteiger partial charge is 0.222 e. The summed E-state index contributed by atoms with van der Waals surface area (Å²) in [7, 11) is 0. The second-order valence-electron chi connectivity index (χ2n) is 5.16. The van der Waals surface area contributed by atoms with Gasteiger partial charge in [0.05, 0.1) is 17.8 Å². The Morgan fingerprint density at radius 1 is 1.12 bits per heavy atom. The quantitative estimate of drug-likeness (QED) is 0.727. The van der Waals surface area contributed by atoms with Gasteiger partial charge in [-0.15, -0.1) is 0 Å². The Morgan fingerprint density at radius 3 is 2.88 bits per heavy atom. The third-order valence-corrected chi connectivity index (χ3v) is 3.43. The van der Waals surface area contributed by atoms with Crippen LogP contribution in [0.5, 0.6) is 0 Å². The first-order chi connectivity index (χ1) is 11.7. The molecule has 2 aromatic heterocycles. The summed E-state index contributed by atoms with van der Waals surface area (Å²) in [6.07, 6.45) is 3.36. The minimum atomic E-state index is -0.353. The van der Waals surface area contributed by atoms with E-state index in [1.165, 1.54) is 18.5 Å². The molecule has 0 spiro atoms. The lowest BCUT2D eigenvalue weighted by molar-refractivity contribution is -0.121. The van der Waals surface area contributed by atoms with E-state index >= 15 is 0 Å². The molecule has 0 radical (unpaired) electrons. The van der Waals surface area contributed by atoms with Gasteiger partial charge in [0.15, 0.2) is 0 Å². The van der Waals surface area contributed by atoms with E-state index in [4.69, 9.17) is 0 Å². The van der Waals surface area contributed by atoms with Crippen molar-refractivity contribution in [2.45, 2.75) is 13.0 Å². The molecular formula is C17H16FN5O. The van der Waals surface area contributed by atoms with Gasteiger partial charge < -0.3 is 10.6 Å². The number of rotatable bonds is 6. The van der Waals surface area contributed by atoms with Crippen molar-refractivity contribution < 1.29 is 9.18 Å². The maximum absolute atomic E-state index is 13.4. The zero-order valence-electron chi connectivity index (χ0n) is 12.9. The van der Waals surface area contributed by atoms with E-state index in [2.05, 4.69) is 25.6 Å². The van der Waals surface area contributed by atoms with Crippen LogP contribution >= 0.6 is 0 Å². The first-order valence-corrected chi connectivity index (χ1v) is 7.53. The van der Waals surface area contributed by atoms with E-state index in [1.54, 1.807) is 12.3 Å². The Bertz CT molecular complexity index is 841. The number of carbonyl (C=O) groups is 1. The first kappa shape index (κ1) is 15.8. The van der Waals surface area contributed by atoms with E-state index in [1.807, 2.05) is 18.2 Å². The van der Waals surface area contributed by atoms with Crippen LogP contribution in [-0.4, -0.2) is 27.4 Å². The second kappa shape index (κ2) is 7.45. The van der Waals surface area contributed by atoms with Gasteiger partial charge in [-0.2, -0.15) is 0 Å². The summed E-state index contributed by atoms with van der Waals surface area (Å²) in [4.78, 5) is 24.2. The first-order valence-electron chi connectivity index (χ1n) is 7.53. The summed E-state index contributed by atoms with van der Waals surface area (Å²) in [5, 5.41) is 6.44. The molecule has 2 heterocycles. The molecule has 24 heavy (non-hydrogen) atoms. The Morgan fingerprint density at radius 2 is 2.04 bits per heavy atom. The molecular weight excluding hydrogens is 309 g/mol. The predicted octanol–water partition coefficient (Wildman–Crippen LogP) is 2.28. The highest BCUT2D eigenvalue weighted by Gasteiger charge is 2.06. The number of anilines is 1. The number of hydrogen-bond donors (Lipinski definition) is 2. The minimum absolute atomic E-state index is 0.0994. The molecule has 0 atom stereocenters. The van der Waals surface area contributed by atoms with E-state index in [9.17, 15) is 9.18 Å². The van der Waals surface area contributed by atoms with Gasteiger partial charge in [0.1, 0.15) is 18.0 Å². The van der Waals surface area contributed by atoms with Crippen molar-refractivity contribution in [3.63, 3.8) is 0 Å². The number of benzene rings is 1. The fourth-order valence-corrected chi connectivity index (χ4v) is 2.24. The van der Waals surface area contributed by atoms with E-state index < -0.39 is 0 Å². The third-order valence-electron chi connectivity index (χ3n) is 3.43. The second-order valence-corrected chi connectivity index (χ2v) is 5.16. The number of amides is 1. The highest BCUT2D eigenvalue weighted by atomic mass is 19.1. The van der Waals surface area contributed by atoms with Gasteiger partial charge in [0.2, 0.25) is 5.91 Å². The van der Waals surface area contributed by atoms with Crippen LogP contribution in [0.15, 0.2) is 48.9 Å². The maximum atomic E-state index is 13.4. The highest BCUT2D eigenvalue weighted by Crippen LogP contribution is 2.19. The number of hydrogen-bond acceptors (Lipinski definition) is 5. The molecule has 0 aliphatic carbocycles. The van der Waals surface area contributed by atoms with Crippen LogP contribution in [0.1, 0.15) is 12.1 Å². The van der Waals surface area contributed by atoms with Crippen LogP contribution < -0.4 is 10.6 Å². The molecule has 0 unspecified atom stereocenters. The lowest BCUT2D eigenvalue weighted by atomic mass is 10.2. The number of fused-ring (bicyclic) bond motifs is 1. The van der Waals surface area contributed by atoms with Gasteiger partial charge in [-0.05, 0) is 30.3 Å². The molecule has 0 aliphatic rings. The van der Waals surface area contributed by atoms with Crippen molar-refractivity contribution in [3.8, 4) is 0 Å². The Hall–Kier alpha value is -3.09. The third kappa shape index (κ3) is 4.01. The molecule has 3 rings (SSSR count). The van der Waals surface area contributed by atoms with Gasteiger partial charge in [0.25, 0.3) is 0 Å². The molecule has 2 N–H and O–H groups in total. The van der Waals surface area contributed by atoms with Crippen LogP contribution in [0.4, 0.5) is 10.2 Å². The molecule has 0 aliphatic heterocycles. The normalized spacial score (nSPS) is 10.5. The molecule has 0 saturated heterocycles. The van der Waals surface area contributed by atoms with E-state index in [-0.39, 0.29) is 18.1 Å². The van der Waals surface area contributed by atoms with Crippen molar-refractivity contribution in [2.75, 3.05) is 11.9 Å². The van der Waals surface area contributed by atoms with Gasteiger partial charge in [0, 0.05) is 24.5 Å². The minimum Gasteiger partial charge on any atom is -0.369 e. The number of aromatic nitrogens is 3. The van der Waals surface area contributed by atoms with Gasteiger partial charge in [-0.25, -0.2) is 14.4 Å². The molecule has 1 amide bonds. The average molecular weight is 325 g/mol. The lowest BCUT2D eigenvalue weighted by Crippen LogP contribution is -2.25. The van der Waals surface area contributed by atoms with Gasteiger partial charge in [-0.3, -0.25) is 9.78 Å². The lowest BCUT2D eigenvalue weighted by Gasteiger charge is -2.09. The van der Waals surface area contributed by atoms with Crippen molar-refractivity contribution in [1.82, 2.24) is 20.3 Å². The molecule has 1 aromatic carbocycles. The zero-order valence-corrected chi connectivity index (χ0v) is 12.9. The Balaban J connectivity index is 1.53. The number of pyridine rings is 1. The fourth-order valence-electron chi connectivity index (χ4n) is 2.24. The summed E-state index contributed by atoms with van der Waals surface area (Å²) >= 11 is 0. The number of nitrogens with zero attached hydrogens (tertiary/aromatic N) is 3. The number of carbonyl (C=O) groups excluding carboxylic acids is 1. The van der Waals surface area contributed by atoms with Crippen LogP contribution in [0, 0.1) is 5.82 Å². The summed E-state index contributed by atoms with van der Waals surface area (Å²) in [5.41, 5.74) is 1.45. The molecule has 7 heteroatoms. The summed E-state index contributed by atoms with van der Waals surface area (Å²) in [6, 6.07) is 9.86. The average Bonchev–Trinajstić information content (AvgIpc) is 2.61. The topological polar surface area (TPSA) is 79.8 Å². The maximum Gasteiger partial charge on any atom is 0.222 e. The molecule has 0 fully saturated rings.